The minimum Gasteiger partial charge on any atom is -0.464 e. The van der Waals surface area contributed by atoms with E-state index < -0.39 is 5.97 Å². The summed E-state index contributed by atoms with van der Waals surface area (Å²) in [4.78, 5) is 14.9. The first-order chi connectivity index (χ1) is 5.15. The zero-order valence-electron chi connectivity index (χ0n) is 5.43. The number of hydrogen-bond acceptors (Lipinski definition) is 4. The van der Waals surface area contributed by atoms with Crippen LogP contribution in [0.25, 0.3) is 0 Å². The molecule has 1 aromatic rings. The number of rotatable bonds is 1. The molecule has 0 saturated carbocycles. The Kier molecular flexibility index (Phi) is 3.26. The lowest BCUT2D eigenvalue weighted by atomic mass is 10.5. The van der Waals surface area contributed by atoms with E-state index in [1.807, 2.05) is 22.6 Å². The molecule has 0 aliphatic carbocycles. The average molecular weight is 348 g/mol. The van der Waals surface area contributed by atoms with E-state index in [1.165, 1.54) is 18.4 Å². The van der Waals surface area contributed by atoms with E-state index in [1.54, 1.807) is 0 Å². The van der Waals surface area contributed by atoms with Gasteiger partial charge in [-0.1, -0.05) is 0 Å². The lowest BCUT2D eigenvalue weighted by Gasteiger charge is -1.92. The van der Waals surface area contributed by atoms with Gasteiger partial charge in [-0.05, 0) is 38.5 Å². The van der Waals surface area contributed by atoms with Crippen molar-refractivity contribution in [1.29, 1.82) is 0 Å². The fourth-order valence-corrected chi connectivity index (χ4v) is 3.55. The number of carbonyl (C=O) groups is 1. The van der Waals surface area contributed by atoms with E-state index in [0.29, 0.717) is 9.61 Å². The molecule has 0 saturated heterocycles. The molecule has 1 aromatic heterocycles. The maximum Gasteiger partial charge on any atom is 0.358 e. The number of aromatic nitrogens is 1. The van der Waals surface area contributed by atoms with E-state index in [4.69, 9.17) is 0 Å². The second kappa shape index (κ2) is 3.81. The molecule has 6 heteroatoms. The van der Waals surface area contributed by atoms with Gasteiger partial charge in [0.2, 0.25) is 0 Å². The molecule has 60 valence electrons. The summed E-state index contributed by atoms with van der Waals surface area (Å²) in [5, 5.41) is 0. The number of nitrogens with zero attached hydrogens (tertiary/aromatic N) is 1. The maximum absolute atomic E-state index is 10.9. The zero-order valence-corrected chi connectivity index (χ0v) is 9.99. The highest BCUT2D eigenvalue weighted by atomic mass is 127. The van der Waals surface area contributed by atoms with Crippen molar-refractivity contribution < 1.29 is 9.53 Å². The molecule has 0 N–H and O–H groups in total. The van der Waals surface area contributed by atoms with Crippen LogP contribution in [0.15, 0.2) is 3.92 Å². The van der Waals surface area contributed by atoms with Crippen LogP contribution in [-0.2, 0) is 4.74 Å². The van der Waals surface area contributed by atoms with Gasteiger partial charge in [0, 0.05) is 0 Å². The Hall–Kier alpha value is 0.310. The molecule has 0 unspecified atom stereocenters. The van der Waals surface area contributed by atoms with Crippen molar-refractivity contribution in [1.82, 2.24) is 4.98 Å². The Balaban J connectivity index is 3.03. The van der Waals surface area contributed by atoms with Crippen molar-refractivity contribution in [3.63, 3.8) is 0 Å². The normalized spacial score (nSPS) is 9.73. The molecule has 0 amide bonds. The molecule has 11 heavy (non-hydrogen) atoms. The van der Waals surface area contributed by atoms with Crippen LogP contribution in [0.3, 0.4) is 0 Å². The second-order valence-electron chi connectivity index (χ2n) is 1.58. The van der Waals surface area contributed by atoms with E-state index in [2.05, 4.69) is 25.7 Å². The van der Waals surface area contributed by atoms with Gasteiger partial charge in [0.1, 0.15) is 2.88 Å². The lowest BCUT2D eigenvalue weighted by molar-refractivity contribution is 0.0593. The summed E-state index contributed by atoms with van der Waals surface area (Å²) >= 11 is 6.62. The largest absolute Gasteiger partial charge is 0.464 e. The Labute approximate surface area is 89.4 Å². The molecule has 0 atom stereocenters. The summed E-state index contributed by atoms with van der Waals surface area (Å²) < 4.78 is 6.04. The number of thiazole rings is 1. The van der Waals surface area contributed by atoms with Gasteiger partial charge in [0.05, 0.1) is 7.11 Å². The SMILES string of the molecule is COC(=O)c1nc(Br)sc1I. The Morgan fingerprint density at radius 1 is 1.82 bits per heavy atom. The third kappa shape index (κ3) is 2.12. The van der Waals surface area contributed by atoms with E-state index >= 15 is 0 Å². The van der Waals surface area contributed by atoms with Crippen LogP contribution in [0.5, 0.6) is 0 Å². The second-order valence-corrected chi connectivity index (χ2v) is 5.67. The maximum atomic E-state index is 10.9. The van der Waals surface area contributed by atoms with Crippen molar-refractivity contribution in [2.24, 2.45) is 0 Å². The van der Waals surface area contributed by atoms with Gasteiger partial charge in [-0.15, -0.1) is 11.3 Å². The van der Waals surface area contributed by atoms with Crippen LogP contribution < -0.4 is 0 Å². The summed E-state index contributed by atoms with van der Waals surface area (Å²) in [6.45, 7) is 0. The Bertz CT molecular complexity index is 288. The quantitative estimate of drug-likeness (QED) is 0.578. The van der Waals surface area contributed by atoms with Gasteiger partial charge >= 0.3 is 5.97 Å². The molecule has 1 rings (SSSR count). The minimum absolute atomic E-state index is 0.380. The van der Waals surface area contributed by atoms with Crippen LogP contribution >= 0.6 is 49.9 Å². The van der Waals surface area contributed by atoms with Crippen molar-refractivity contribution in [2.45, 2.75) is 0 Å². The third-order valence-corrected chi connectivity index (χ3v) is 3.41. The fourth-order valence-electron chi connectivity index (χ4n) is 0.500. The lowest BCUT2D eigenvalue weighted by Crippen LogP contribution is -2.02. The van der Waals surface area contributed by atoms with Gasteiger partial charge in [0.25, 0.3) is 0 Å². The number of ether oxygens (including phenoxy) is 1. The van der Waals surface area contributed by atoms with Crippen molar-refractivity contribution in [3.05, 3.63) is 12.5 Å². The average Bonchev–Trinajstić information content (AvgIpc) is 2.28. The van der Waals surface area contributed by atoms with Gasteiger partial charge in [-0.25, -0.2) is 9.78 Å². The predicted molar refractivity (Wildman–Crippen MR) is 53.9 cm³/mol. The van der Waals surface area contributed by atoms with Crippen molar-refractivity contribution >= 4 is 55.8 Å². The topological polar surface area (TPSA) is 39.2 Å². The first-order valence-corrected chi connectivity index (χ1v) is 5.24. The summed E-state index contributed by atoms with van der Waals surface area (Å²) in [5.41, 5.74) is 0.380. The summed E-state index contributed by atoms with van der Waals surface area (Å²) in [7, 11) is 1.34. The van der Waals surface area contributed by atoms with Gasteiger partial charge in [0.15, 0.2) is 9.61 Å². The molecule has 0 aromatic carbocycles. The molecule has 0 fully saturated rings. The molecule has 0 radical (unpaired) electrons. The van der Waals surface area contributed by atoms with E-state index in [9.17, 15) is 4.79 Å². The number of hydrogen-bond donors (Lipinski definition) is 0. The molecule has 0 aliphatic rings. The first kappa shape index (κ1) is 9.40. The molecular weight excluding hydrogens is 345 g/mol. The highest BCUT2D eigenvalue weighted by molar-refractivity contribution is 14.1. The smallest absolute Gasteiger partial charge is 0.358 e. The standard InChI is InChI=1S/C5H3BrINO2S/c1-10-4(9)2-3(7)11-5(6)8-2/h1H3. The van der Waals surface area contributed by atoms with Gasteiger partial charge < -0.3 is 4.74 Å². The van der Waals surface area contributed by atoms with E-state index in [-0.39, 0.29) is 0 Å². The fraction of sp³-hybridized carbons (Fsp3) is 0.200. The summed E-state index contributed by atoms with van der Waals surface area (Å²) in [5.74, 6) is -0.392. The number of esters is 1. The molecule has 0 bridgehead atoms. The van der Waals surface area contributed by atoms with Crippen LogP contribution in [0.1, 0.15) is 10.5 Å². The predicted octanol–water partition coefficient (Wildman–Crippen LogP) is 2.30. The highest BCUT2D eigenvalue weighted by Crippen LogP contribution is 2.24. The number of carbonyl (C=O) groups excluding carboxylic acids is 1. The zero-order chi connectivity index (χ0) is 8.43. The van der Waals surface area contributed by atoms with E-state index in [0.717, 1.165) is 2.88 Å². The Morgan fingerprint density at radius 2 is 2.45 bits per heavy atom. The molecule has 0 aliphatic heterocycles. The molecule has 3 nitrogen and oxygen atoms in total. The van der Waals surface area contributed by atoms with Gasteiger partial charge in [-0.3, -0.25) is 0 Å². The Morgan fingerprint density at radius 3 is 2.82 bits per heavy atom. The number of methoxy groups -OCH3 is 1. The van der Waals surface area contributed by atoms with Gasteiger partial charge in [-0.2, -0.15) is 0 Å². The number of halogens is 2. The van der Waals surface area contributed by atoms with Crippen molar-refractivity contribution in [3.8, 4) is 0 Å². The monoisotopic (exact) mass is 347 g/mol. The molecule has 0 spiro atoms. The van der Waals surface area contributed by atoms with Crippen LogP contribution in [0, 0.1) is 2.88 Å². The minimum atomic E-state index is -0.392. The third-order valence-electron chi connectivity index (χ3n) is 0.938. The summed E-state index contributed by atoms with van der Waals surface area (Å²) in [6, 6.07) is 0. The van der Waals surface area contributed by atoms with Crippen LogP contribution in [-0.4, -0.2) is 18.1 Å². The molecule has 1 heterocycles. The van der Waals surface area contributed by atoms with Crippen molar-refractivity contribution in [2.75, 3.05) is 7.11 Å². The van der Waals surface area contributed by atoms with Crippen LogP contribution in [0.2, 0.25) is 0 Å². The highest BCUT2D eigenvalue weighted by Gasteiger charge is 2.15. The molecular formula is C5H3BrINO2S. The first-order valence-electron chi connectivity index (χ1n) is 2.55. The summed E-state index contributed by atoms with van der Waals surface area (Å²) in [6.07, 6.45) is 0. The van der Waals surface area contributed by atoms with Crippen LogP contribution in [0.4, 0.5) is 0 Å².